The first-order valence-corrected chi connectivity index (χ1v) is 6.54. The minimum Gasteiger partial charge on any atom is -0.396 e. The summed E-state index contributed by atoms with van der Waals surface area (Å²) in [6.45, 7) is 3.76. The minimum atomic E-state index is -0.155. The van der Waals surface area contributed by atoms with Crippen molar-refractivity contribution < 1.29 is 9.90 Å². The average molecular weight is 290 g/mol. The van der Waals surface area contributed by atoms with E-state index in [0.29, 0.717) is 15.6 Å². The molecule has 0 spiro atoms. The second kappa shape index (κ2) is 6.98. The number of aliphatic hydroxyl groups is 1. The fourth-order valence-electron chi connectivity index (χ4n) is 1.47. The lowest BCUT2D eigenvalue weighted by Gasteiger charge is -2.19. The van der Waals surface area contributed by atoms with Gasteiger partial charge in [0.2, 0.25) is 5.91 Å². The highest BCUT2D eigenvalue weighted by atomic mass is 35.5. The first kappa shape index (κ1) is 15.3. The molecule has 0 saturated carbocycles. The Morgan fingerprint density at radius 1 is 1.33 bits per heavy atom. The van der Waals surface area contributed by atoms with Crippen LogP contribution in [0.4, 0.5) is 0 Å². The molecule has 0 fully saturated rings. The molecule has 1 aromatic carbocycles. The number of nitrogens with one attached hydrogen (secondary N) is 1. The molecule has 5 heteroatoms. The van der Waals surface area contributed by atoms with E-state index < -0.39 is 0 Å². The third-order valence-electron chi connectivity index (χ3n) is 2.93. The zero-order valence-corrected chi connectivity index (χ0v) is 11.9. The van der Waals surface area contributed by atoms with Gasteiger partial charge in [-0.3, -0.25) is 4.79 Å². The van der Waals surface area contributed by atoms with Crippen LogP contribution >= 0.6 is 23.2 Å². The molecular formula is C13H17Cl2NO2. The molecule has 1 rings (SSSR count). The molecule has 2 atom stereocenters. The van der Waals surface area contributed by atoms with Gasteiger partial charge in [-0.15, -0.1) is 0 Å². The van der Waals surface area contributed by atoms with E-state index in [2.05, 4.69) is 5.32 Å². The van der Waals surface area contributed by atoms with Gasteiger partial charge in [0.15, 0.2) is 0 Å². The molecule has 0 aliphatic rings. The highest BCUT2D eigenvalue weighted by molar-refractivity contribution is 6.36. The summed E-state index contributed by atoms with van der Waals surface area (Å²) in [5, 5.41) is 12.8. The van der Waals surface area contributed by atoms with Crippen LogP contribution in [-0.2, 0) is 11.2 Å². The number of amides is 1. The van der Waals surface area contributed by atoms with Gasteiger partial charge in [-0.2, -0.15) is 0 Å². The highest BCUT2D eigenvalue weighted by Gasteiger charge is 2.16. The lowest BCUT2D eigenvalue weighted by Crippen LogP contribution is -2.39. The summed E-state index contributed by atoms with van der Waals surface area (Å²) >= 11 is 12.0. The third kappa shape index (κ3) is 4.16. The molecule has 100 valence electrons. The Hall–Kier alpha value is -0.770. The largest absolute Gasteiger partial charge is 0.396 e. The van der Waals surface area contributed by atoms with Gasteiger partial charge in [0.25, 0.3) is 0 Å². The van der Waals surface area contributed by atoms with Crippen molar-refractivity contribution >= 4 is 29.1 Å². The minimum absolute atomic E-state index is 0.00988. The zero-order chi connectivity index (χ0) is 13.7. The van der Waals surface area contributed by atoms with Crippen LogP contribution in [-0.4, -0.2) is 23.7 Å². The monoisotopic (exact) mass is 289 g/mol. The van der Waals surface area contributed by atoms with Crippen LogP contribution in [0.3, 0.4) is 0 Å². The summed E-state index contributed by atoms with van der Waals surface area (Å²) in [4.78, 5) is 11.8. The summed E-state index contributed by atoms with van der Waals surface area (Å²) in [6.07, 6.45) is 0.140. The predicted octanol–water partition coefficient (Wildman–Crippen LogP) is 2.67. The van der Waals surface area contributed by atoms with Gasteiger partial charge in [-0.1, -0.05) is 36.2 Å². The zero-order valence-electron chi connectivity index (χ0n) is 10.4. The molecule has 1 aromatic rings. The smallest absolute Gasteiger partial charge is 0.224 e. The summed E-state index contributed by atoms with van der Waals surface area (Å²) in [5.41, 5.74) is 0.627. The topological polar surface area (TPSA) is 49.3 Å². The molecule has 0 bridgehead atoms. The Bertz CT molecular complexity index is 403. The van der Waals surface area contributed by atoms with Crippen molar-refractivity contribution in [1.29, 1.82) is 0 Å². The second-order valence-corrected chi connectivity index (χ2v) is 5.21. The number of hydrogen-bond acceptors (Lipinski definition) is 2. The highest BCUT2D eigenvalue weighted by Crippen LogP contribution is 2.24. The van der Waals surface area contributed by atoms with Gasteiger partial charge in [0.05, 0.1) is 6.42 Å². The van der Waals surface area contributed by atoms with Crippen LogP contribution in [0, 0.1) is 5.92 Å². The van der Waals surface area contributed by atoms with Crippen LogP contribution < -0.4 is 5.32 Å². The van der Waals surface area contributed by atoms with Gasteiger partial charge < -0.3 is 10.4 Å². The average Bonchev–Trinajstić information content (AvgIpc) is 2.32. The number of carbonyl (C=O) groups excluding carboxylic acids is 1. The SMILES string of the molecule is CC(CO)C(C)NC(=O)Cc1c(Cl)cccc1Cl. The molecule has 18 heavy (non-hydrogen) atoms. The molecule has 1 amide bonds. The van der Waals surface area contributed by atoms with Gasteiger partial charge in [-0.05, 0) is 30.5 Å². The summed E-state index contributed by atoms with van der Waals surface area (Å²) in [5.74, 6) is -0.145. The summed E-state index contributed by atoms with van der Waals surface area (Å²) in [7, 11) is 0. The molecular weight excluding hydrogens is 273 g/mol. The Balaban J connectivity index is 2.65. The molecule has 3 nitrogen and oxygen atoms in total. The molecule has 0 aliphatic carbocycles. The first-order chi connectivity index (χ1) is 8.45. The van der Waals surface area contributed by atoms with E-state index in [1.165, 1.54) is 0 Å². The maximum absolute atomic E-state index is 11.8. The van der Waals surface area contributed by atoms with Crippen LogP contribution in [0.25, 0.3) is 0 Å². The van der Waals surface area contributed by atoms with Crippen molar-refractivity contribution in [3.8, 4) is 0 Å². The Labute approximate surface area is 117 Å². The first-order valence-electron chi connectivity index (χ1n) is 5.78. The van der Waals surface area contributed by atoms with E-state index in [0.717, 1.165) is 0 Å². The van der Waals surface area contributed by atoms with E-state index in [1.54, 1.807) is 18.2 Å². The standard InChI is InChI=1S/C13H17Cl2NO2/c1-8(7-17)9(2)16-13(18)6-10-11(14)4-3-5-12(10)15/h3-5,8-9,17H,6-7H2,1-2H3,(H,16,18). The number of halogens is 2. The molecule has 0 saturated heterocycles. The summed E-state index contributed by atoms with van der Waals surface area (Å²) in [6, 6.07) is 5.05. The molecule has 0 aromatic heterocycles. The lowest BCUT2D eigenvalue weighted by molar-refractivity contribution is -0.121. The van der Waals surface area contributed by atoms with Gasteiger partial charge in [-0.25, -0.2) is 0 Å². The number of carbonyl (C=O) groups is 1. The number of benzene rings is 1. The second-order valence-electron chi connectivity index (χ2n) is 4.39. The maximum atomic E-state index is 11.8. The fraction of sp³-hybridized carbons (Fsp3) is 0.462. The van der Waals surface area contributed by atoms with E-state index in [-0.39, 0.29) is 30.9 Å². The Morgan fingerprint density at radius 2 is 1.89 bits per heavy atom. The van der Waals surface area contributed by atoms with E-state index in [4.69, 9.17) is 28.3 Å². The number of aliphatic hydroxyl groups excluding tert-OH is 1. The third-order valence-corrected chi connectivity index (χ3v) is 3.64. The van der Waals surface area contributed by atoms with E-state index >= 15 is 0 Å². The Morgan fingerprint density at radius 3 is 2.39 bits per heavy atom. The van der Waals surface area contributed by atoms with Crippen molar-refractivity contribution in [2.45, 2.75) is 26.3 Å². The van der Waals surface area contributed by atoms with Gasteiger partial charge in [0.1, 0.15) is 0 Å². The number of rotatable bonds is 5. The fourth-order valence-corrected chi connectivity index (χ4v) is 2.00. The van der Waals surface area contributed by atoms with E-state index in [1.807, 2.05) is 13.8 Å². The maximum Gasteiger partial charge on any atom is 0.224 e. The van der Waals surface area contributed by atoms with Crippen molar-refractivity contribution in [2.24, 2.45) is 5.92 Å². The van der Waals surface area contributed by atoms with Crippen LogP contribution in [0.2, 0.25) is 10.0 Å². The van der Waals surface area contributed by atoms with Crippen molar-refractivity contribution in [2.75, 3.05) is 6.61 Å². The van der Waals surface area contributed by atoms with Crippen LogP contribution in [0.5, 0.6) is 0 Å². The van der Waals surface area contributed by atoms with Crippen molar-refractivity contribution in [1.82, 2.24) is 5.32 Å². The lowest BCUT2D eigenvalue weighted by atomic mass is 10.0. The quantitative estimate of drug-likeness (QED) is 0.876. The van der Waals surface area contributed by atoms with E-state index in [9.17, 15) is 4.79 Å². The van der Waals surface area contributed by atoms with Crippen LogP contribution in [0.15, 0.2) is 18.2 Å². The van der Waals surface area contributed by atoms with Crippen molar-refractivity contribution in [3.05, 3.63) is 33.8 Å². The number of hydrogen-bond donors (Lipinski definition) is 2. The van der Waals surface area contributed by atoms with Crippen molar-refractivity contribution in [3.63, 3.8) is 0 Å². The molecule has 0 radical (unpaired) electrons. The molecule has 2 N–H and O–H groups in total. The molecule has 0 heterocycles. The van der Waals surface area contributed by atoms with Gasteiger partial charge >= 0.3 is 0 Å². The van der Waals surface area contributed by atoms with Crippen LogP contribution in [0.1, 0.15) is 19.4 Å². The predicted molar refractivity (Wildman–Crippen MR) is 74.0 cm³/mol. The molecule has 0 aliphatic heterocycles. The van der Waals surface area contributed by atoms with Gasteiger partial charge in [0, 0.05) is 22.7 Å². The normalized spacial score (nSPS) is 14.1. The Kier molecular flexibility index (Phi) is 5.93. The summed E-state index contributed by atoms with van der Waals surface area (Å²) < 4.78 is 0. The molecule has 2 unspecified atom stereocenters.